The van der Waals surface area contributed by atoms with E-state index in [0.29, 0.717) is 18.4 Å². The lowest BCUT2D eigenvalue weighted by atomic mass is 10.0. The molecule has 4 rings (SSSR count). The van der Waals surface area contributed by atoms with Crippen LogP contribution in [-0.2, 0) is 11.2 Å². The van der Waals surface area contributed by atoms with E-state index >= 15 is 0 Å². The molecular formula is C23H25ClFN3O3. The fraction of sp³-hybridized carbons (Fsp3) is 0.348. The smallest absolute Gasteiger partial charge is 0.309 e. The number of likely N-dealkylation sites (tertiary alicyclic amines) is 1. The molecule has 0 radical (unpaired) electrons. The van der Waals surface area contributed by atoms with Crippen LogP contribution in [-0.4, -0.2) is 40.5 Å². The van der Waals surface area contributed by atoms with Crippen molar-refractivity contribution in [3.05, 3.63) is 76.0 Å². The predicted molar refractivity (Wildman–Crippen MR) is 111 cm³/mol. The summed E-state index contributed by atoms with van der Waals surface area (Å²) in [5.74, 6) is -1.05. The zero-order chi connectivity index (χ0) is 21.1. The largest absolute Gasteiger partial charge is 1.00 e. The summed E-state index contributed by atoms with van der Waals surface area (Å²) in [6.07, 6.45) is 2.26. The average molecular weight is 446 g/mol. The number of nitrogens with zero attached hydrogens (tertiary/aromatic N) is 2. The summed E-state index contributed by atoms with van der Waals surface area (Å²) >= 11 is 0. The first-order chi connectivity index (χ1) is 14.5. The summed E-state index contributed by atoms with van der Waals surface area (Å²) in [5.41, 5.74) is 1.65. The molecule has 0 bridgehead atoms. The molecule has 1 aromatic heterocycles. The average Bonchev–Trinajstić information content (AvgIpc) is 2.76. The number of aromatic nitrogens is 2. The van der Waals surface area contributed by atoms with Crippen LogP contribution in [0.25, 0.3) is 10.8 Å². The molecule has 0 spiro atoms. The number of piperidine rings is 1. The van der Waals surface area contributed by atoms with Crippen molar-refractivity contribution in [1.82, 2.24) is 9.78 Å². The molecule has 1 aliphatic rings. The van der Waals surface area contributed by atoms with E-state index in [1.807, 2.05) is 24.3 Å². The predicted octanol–water partition coefficient (Wildman–Crippen LogP) is -1.18. The van der Waals surface area contributed by atoms with E-state index in [9.17, 15) is 14.0 Å². The van der Waals surface area contributed by atoms with E-state index in [2.05, 4.69) is 0 Å². The Morgan fingerprint density at radius 2 is 1.74 bits per heavy atom. The molecule has 6 nitrogen and oxygen atoms in total. The highest BCUT2D eigenvalue weighted by molar-refractivity contribution is 5.83. The number of rotatable bonds is 6. The van der Waals surface area contributed by atoms with Gasteiger partial charge >= 0.3 is 5.97 Å². The molecule has 0 aliphatic carbocycles. The lowest BCUT2D eigenvalue weighted by molar-refractivity contribution is -0.905. The first-order valence-corrected chi connectivity index (χ1v) is 10.3. The number of benzene rings is 2. The molecule has 3 aromatic rings. The van der Waals surface area contributed by atoms with Gasteiger partial charge in [0.1, 0.15) is 5.82 Å². The highest BCUT2D eigenvalue weighted by Crippen LogP contribution is 2.21. The summed E-state index contributed by atoms with van der Waals surface area (Å²) in [6, 6.07) is 13.8. The van der Waals surface area contributed by atoms with Gasteiger partial charge in [0.2, 0.25) is 0 Å². The fourth-order valence-electron chi connectivity index (χ4n) is 4.24. The zero-order valence-corrected chi connectivity index (χ0v) is 17.8. The minimum atomic E-state index is -0.775. The number of aliphatic carboxylic acids is 1. The second-order valence-electron chi connectivity index (χ2n) is 7.92. The molecule has 31 heavy (non-hydrogen) atoms. The fourth-order valence-corrected chi connectivity index (χ4v) is 4.24. The summed E-state index contributed by atoms with van der Waals surface area (Å²) in [4.78, 5) is 25.2. The van der Waals surface area contributed by atoms with E-state index < -0.39 is 5.97 Å². The van der Waals surface area contributed by atoms with Crippen LogP contribution in [0.5, 0.6) is 0 Å². The van der Waals surface area contributed by atoms with Gasteiger partial charge in [-0.15, -0.1) is 0 Å². The first-order valence-electron chi connectivity index (χ1n) is 10.3. The zero-order valence-electron chi connectivity index (χ0n) is 17.1. The molecule has 1 fully saturated rings. The number of hydrogen-bond acceptors (Lipinski definition) is 3. The first kappa shape index (κ1) is 22.9. The number of quaternary nitrogens is 1. The molecule has 0 amide bonds. The molecular weight excluding hydrogens is 421 g/mol. The Balaban J connectivity index is 0.00000272. The van der Waals surface area contributed by atoms with Gasteiger partial charge in [0, 0.05) is 24.6 Å². The third kappa shape index (κ3) is 5.29. The summed E-state index contributed by atoms with van der Waals surface area (Å²) in [6.45, 7) is 2.26. The molecule has 164 valence electrons. The number of nitrogens with one attached hydrogen (secondary N) is 1. The van der Waals surface area contributed by atoms with Crippen LogP contribution in [0, 0.1) is 5.82 Å². The van der Waals surface area contributed by atoms with Gasteiger partial charge in [-0.3, -0.25) is 9.59 Å². The molecule has 2 N–H and O–H groups in total. The van der Waals surface area contributed by atoms with Gasteiger partial charge < -0.3 is 22.4 Å². The molecule has 2 aromatic carbocycles. The topological polar surface area (TPSA) is 76.6 Å². The maximum absolute atomic E-state index is 13.3. The Kier molecular flexibility index (Phi) is 7.41. The SMILES string of the molecule is O=C(O)CC[NH+]1CCC(n2nc(Cc3ccc(F)cc3)c3ccccc3c2=O)CC1.[Cl-]. The molecule has 8 heteroatoms. The second kappa shape index (κ2) is 10.0. The van der Waals surface area contributed by atoms with Crippen molar-refractivity contribution in [2.24, 2.45) is 0 Å². The maximum Gasteiger partial charge on any atom is 0.309 e. The van der Waals surface area contributed by atoms with Gasteiger partial charge in [-0.2, -0.15) is 5.10 Å². The number of fused-ring (bicyclic) bond motifs is 1. The van der Waals surface area contributed by atoms with Crippen molar-refractivity contribution in [2.75, 3.05) is 19.6 Å². The van der Waals surface area contributed by atoms with E-state index in [-0.39, 0.29) is 36.2 Å². The van der Waals surface area contributed by atoms with Crippen LogP contribution < -0.4 is 22.9 Å². The van der Waals surface area contributed by atoms with Crippen LogP contribution in [0.2, 0.25) is 0 Å². The maximum atomic E-state index is 13.3. The molecule has 0 unspecified atom stereocenters. The van der Waals surface area contributed by atoms with Crippen molar-refractivity contribution in [3.8, 4) is 0 Å². The van der Waals surface area contributed by atoms with Crippen molar-refractivity contribution in [2.45, 2.75) is 31.7 Å². The van der Waals surface area contributed by atoms with Gasteiger partial charge in [0.15, 0.2) is 0 Å². The number of hydrogen-bond donors (Lipinski definition) is 2. The lowest BCUT2D eigenvalue weighted by Gasteiger charge is -2.29. The molecule has 1 aliphatic heterocycles. The van der Waals surface area contributed by atoms with Gasteiger partial charge in [-0.05, 0) is 23.8 Å². The Morgan fingerprint density at radius 1 is 1.10 bits per heavy atom. The third-order valence-electron chi connectivity index (χ3n) is 5.89. The summed E-state index contributed by atoms with van der Waals surface area (Å²) in [5, 5.41) is 15.1. The number of carboxylic acid groups (broad SMARTS) is 1. The molecule has 1 saturated heterocycles. The monoisotopic (exact) mass is 445 g/mol. The van der Waals surface area contributed by atoms with Gasteiger partial charge in [0.05, 0.1) is 43.2 Å². The standard InChI is InChI=1S/C23H24FN3O3.ClH/c24-17-7-5-16(6-8-17)15-21-19-3-1-2-4-20(19)23(30)27(25-21)18-9-12-26(13-10-18)14-11-22(28)29;/h1-8,18H,9-15H2,(H,28,29);1H. The number of halogens is 2. The molecule has 0 atom stereocenters. The van der Waals surface area contributed by atoms with Crippen LogP contribution in [0.15, 0.2) is 53.3 Å². The molecule has 2 heterocycles. The van der Waals surface area contributed by atoms with Gasteiger partial charge in [-0.1, -0.05) is 30.3 Å². The normalized spacial score (nSPS) is 18.5. The highest BCUT2D eigenvalue weighted by atomic mass is 35.5. The third-order valence-corrected chi connectivity index (χ3v) is 5.89. The number of carboxylic acids is 1. The van der Waals surface area contributed by atoms with Gasteiger partial charge in [-0.25, -0.2) is 9.07 Å². The lowest BCUT2D eigenvalue weighted by Crippen LogP contribution is -3.13. The quantitative estimate of drug-likeness (QED) is 0.501. The van der Waals surface area contributed by atoms with E-state index in [1.165, 1.54) is 17.0 Å². The Labute approximate surface area is 185 Å². The Bertz CT molecular complexity index is 1110. The molecule has 0 saturated carbocycles. The summed E-state index contributed by atoms with van der Waals surface area (Å²) in [7, 11) is 0. The van der Waals surface area contributed by atoms with Crippen LogP contribution >= 0.6 is 0 Å². The van der Waals surface area contributed by atoms with Crippen molar-refractivity contribution in [1.29, 1.82) is 0 Å². The highest BCUT2D eigenvalue weighted by Gasteiger charge is 2.26. The van der Waals surface area contributed by atoms with E-state index in [4.69, 9.17) is 10.2 Å². The van der Waals surface area contributed by atoms with Crippen LogP contribution in [0.3, 0.4) is 0 Å². The minimum Gasteiger partial charge on any atom is -1.00 e. The Hall–Kier alpha value is -2.77. The van der Waals surface area contributed by atoms with Crippen molar-refractivity contribution in [3.63, 3.8) is 0 Å². The van der Waals surface area contributed by atoms with Crippen molar-refractivity contribution >= 4 is 16.7 Å². The van der Waals surface area contributed by atoms with E-state index in [0.717, 1.165) is 42.6 Å². The second-order valence-corrected chi connectivity index (χ2v) is 7.92. The van der Waals surface area contributed by atoms with E-state index in [1.54, 1.807) is 16.8 Å². The van der Waals surface area contributed by atoms with Crippen LogP contribution in [0.4, 0.5) is 4.39 Å². The van der Waals surface area contributed by atoms with Crippen LogP contribution in [0.1, 0.15) is 36.6 Å². The minimum absolute atomic E-state index is 0. The van der Waals surface area contributed by atoms with Gasteiger partial charge in [0.25, 0.3) is 5.56 Å². The summed E-state index contributed by atoms with van der Waals surface area (Å²) < 4.78 is 14.9. The van der Waals surface area contributed by atoms with Crippen molar-refractivity contribution < 1.29 is 31.6 Å². The Morgan fingerprint density at radius 3 is 2.39 bits per heavy atom. The number of carbonyl (C=O) groups is 1.